The Balaban J connectivity index is 1.42. The van der Waals surface area contributed by atoms with Crippen molar-refractivity contribution in [1.29, 1.82) is 0 Å². The quantitative estimate of drug-likeness (QED) is 0.772. The molecule has 1 N–H and O–H groups in total. The Kier molecular flexibility index (Phi) is 5.17. The SMILES string of the molecule is CC1(C(=O)N2CC(O)(CN(Cc3ccccc3)C(=O)Cn3cccn3)C2)CCC1. The molecule has 4 rings (SSSR count). The van der Waals surface area contributed by atoms with Gasteiger partial charge < -0.3 is 14.9 Å². The number of hydrogen-bond donors (Lipinski definition) is 1. The zero-order valence-corrected chi connectivity index (χ0v) is 16.8. The van der Waals surface area contributed by atoms with E-state index in [1.165, 1.54) is 0 Å². The molecule has 1 aliphatic carbocycles. The first-order valence-corrected chi connectivity index (χ1v) is 10.2. The second-order valence-electron chi connectivity index (χ2n) is 8.74. The van der Waals surface area contributed by atoms with Gasteiger partial charge >= 0.3 is 0 Å². The lowest BCUT2D eigenvalue weighted by molar-refractivity contribution is -0.174. The lowest BCUT2D eigenvalue weighted by Gasteiger charge is -2.52. The summed E-state index contributed by atoms with van der Waals surface area (Å²) in [6.07, 6.45) is 6.31. The van der Waals surface area contributed by atoms with Crippen molar-refractivity contribution in [2.75, 3.05) is 19.6 Å². The van der Waals surface area contributed by atoms with E-state index in [9.17, 15) is 14.7 Å². The Labute approximate surface area is 170 Å². The maximum atomic E-state index is 12.9. The van der Waals surface area contributed by atoms with Gasteiger partial charge in [-0.25, -0.2) is 0 Å². The Morgan fingerprint density at radius 3 is 2.48 bits per heavy atom. The smallest absolute Gasteiger partial charge is 0.244 e. The molecule has 7 nitrogen and oxygen atoms in total. The Hall–Kier alpha value is -2.67. The van der Waals surface area contributed by atoms with Crippen LogP contribution in [0.4, 0.5) is 0 Å². The third-order valence-electron chi connectivity index (χ3n) is 6.14. The first-order valence-electron chi connectivity index (χ1n) is 10.2. The van der Waals surface area contributed by atoms with Crippen molar-refractivity contribution in [3.63, 3.8) is 0 Å². The van der Waals surface area contributed by atoms with E-state index in [4.69, 9.17) is 0 Å². The predicted molar refractivity (Wildman–Crippen MR) is 108 cm³/mol. The summed E-state index contributed by atoms with van der Waals surface area (Å²) in [7, 11) is 0. The van der Waals surface area contributed by atoms with Crippen LogP contribution in [0, 0.1) is 5.41 Å². The number of β-amino-alcohol motifs (C(OH)–C–C–N with tert-alkyl or cyclic N) is 1. The van der Waals surface area contributed by atoms with Gasteiger partial charge in [0.25, 0.3) is 0 Å². The van der Waals surface area contributed by atoms with Crippen molar-refractivity contribution in [3.05, 3.63) is 54.4 Å². The Morgan fingerprint density at radius 1 is 1.17 bits per heavy atom. The van der Waals surface area contributed by atoms with E-state index in [0.29, 0.717) is 6.54 Å². The van der Waals surface area contributed by atoms with E-state index in [2.05, 4.69) is 5.10 Å². The highest BCUT2D eigenvalue weighted by Gasteiger charge is 2.51. The first-order chi connectivity index (χ1) is 13.9. The third kappa shape index (κ3) is 4.19. The molecule has 1 saturated heterocycles. The number of carbonyl (C=O) groups excluding carboxylic acids is 2. The average Bonchev–Trinajstić information content (AvgIpc) is 3.16. The van der Waals surface area contributed by atoms with Gasteiger partial charge in [-0.2, -0.15) is 5.10 Å². The van der Waals surface area contributed by atoms with Gasteiger partial charge in [0, 0.05) is 24.4 Å². The Bertz CT molecular complexity index is 855. The zero-order valence-electron chi connectivity index (χ0n) is 16.8. The second-order valence-corrected chi connectivity index (χ2v) is 8.74. The molecule has 1 aromatic carbocycles. The van der Waals surface area contributed by atoms with Crippen molar-refractivity contribution in [1.82, 2.24) is 19.6 Å². The fourth-order valence-corrected chi connectivity index (χ4v) is 4.23. The summed E-state index contributed by atoms with van der Waals surface area (Å²) in [4.78, 5) is 29.0. The van der Waals surface area contributed by atoms with Crippen LogP contribution in [-0.4, -0.2) is 61.7 Å². The number of aliphatic hydroxyl groups is 1. The minimum atomic E-state index is -1.07. The molecule has 29 heavy (non-hydrogen) atoms. The van der Waals surface area contributed by atoms with Crippen molar-refractivity contribution in [2.45, 2.75) is 44.9 Å². The number of likely N-dealkylation sites (tertiary alicyclic amines) is 1. The van der Waals surface area contributed by atoms with E-state index < -0.39 is 5.60 Å². The first kappa shape index (κ1) is 19.6. The van der Waals surface area contributed by atoms with Crippen molar-refractivity contribution >= 4 is 11.8 Å². The molecule has 1 aliphatic heterocycles. The number of benzene rings is 1. The molecule has 2 aliphatic rings. The lowest BCUT2D eigenvalue weighted by atomic mass is 9.68. The molecular formula is C22H28N4O3. The van der Waals surface area contributed by atoms with Crippen LogP contribution >= 0.6 is 0 Å². The maximum absolute atomic E-state index is 12.9. The van der Waals surface area contributed by atoms with Crippen LogP contribution in [-0.2, 0) is 22.7 Å². The number of rotatable bonds is 7. The van der Waals surface area contributed by atoms with Gasteiger partial charge in [-0.05, 0) is 24.5 Å². The molecule has 0 spiro atoms. The topological polar surface area (TPSA) is 78.7 Å². The number of amides is 2. The molecule has 0 atom stereocenters. The number of nitrogens with zero attached hydrogens (tertiary/aromatic N) is 4. The monoisotopic (exact) mass is 396 g/mol. The largest absolute Gasteiger partial charge is 0.384 e. The maximum Gasteiger partial charge on any atom is 0.244 e. The third-order valence-corrected chi connectivity index (χ3v) is 6.14. The summed E-state index contributed by atoms with van der Waals surface area (Å²) in [6.45, 7) is 3.29. The molecule has 0 unspecified atom stereocenters. The van der Waals surface area contributed by atoms with Crippen LogP contribution in [0.2, 0.25) is 0 Å². The van der Waals surface area contributed by atoms with Crippen LogP contribution in [0.15, 0.2) is 48.8 Å². The average molecular weight is 396 g/mol. The van der Waals surface area contributed by atoms with Gasteiger partial charge in [0.2, 0.25) is 11.8 Å². The number of aromatic nitrogens is 2. The van der Waals surface area contributed by atoms with Crippen molar-refractivity contribution in [3.8, 4) is 0 Å². The molecule has 154 valence electrons. The summed E-state index contributed by atoms with van der Waals surface area (Å²) in [6, 6.07) is 11.5. The van der Waals surface area contributed by atoms with Crippen LogP contribution < -0.4 is 0 Å². The molecule has 2 aromatic rings. The van der Waals surface area contributed by atoms with Gasteiger partial charge in [0.05, 0.1) is 19.6 Å². The predicted octanol–water partition coefficient (Wildman–Crippen LogP) is 1.68. The van der Waals surface area contributed by atoms with Gasteiger partial charge in [0.15, 0.2) is 0 Å². The highest BCUT2D eigenvalue weighted by atomic mass is 16.3. The summed E-state index contributed by atoms with van der Waals surface area (Å²) >= 11 is 0. The van der Waals surface area contributed by atoms with Crippen molar-refractivity contribution in [2.24, 2.45) is 5.41 Å². The van der Waals surface area contributed by atoms with Crippen LogP contribution in [0.5, 0.6) is 0 Å². The van der Waals surface area contributed by atoms with Gasteiger partial charge in [0.1, 0.15) is 12.1 Å². The van der Waals surface area contributed by atoms with E-state index in [0.717, 1.165) is 24.8 Å². The van der Waals surface area contributed by atoms with Crippen LogP contribution in [0.3, 0.4) is 0 Å². The molecular weight excluding hydrogens is 368 g/mol. The fraction of sp³-hybridized carbons (Fsp3) is 0.500. The zero-order chi connectivity index (χ0) is 20.5. The highest BCUT2D eigenvalue weighted by Crippen LogP contribution is 2.43. The summed E-state index contributed by atoms with van der Waals surface area (Å²) < 4.78 is 1.58. The minimum absolute atomic E-state index is 0.110. The summed E-state index contributed by atoms with van der Waals surface area (Å²) in [5.74, 6) is 0.0209. The lowest BCUT2D eigenvalue weighted by Crippen LogP contribution is -2.69. The summed E-state index contributed by atoms with van der Waals surface area (Å²) in [5, 5.41) is 15.1. The van der Waals surface area contributed by atoms with Gasteiger partial charge in [-0.1, -0.05) is 43.7 Å². The van der Waals surface area contributed by atoms with Crippen molar-refractivity contribution < 1.29 is 14.7 Å². The summed E-state index contributed by atoms with van der Waals surface area (Å²) in [5.41, 5.74) is -0.329. The molecule has 7 heteroatoms. The van der Waals surface area contributed by atoms with E-state index >= 15 is 0 Å². The number of hydrogen-bond acceptors (Lipinski definition) is 4. The van der Waals surface area contributed by atoms with E-state index in [1.54, 1.807) is 32.9 Å². The molecule has 1 aromatic heterocycles. The number of carbonyl (C=O) groups is 2. The molecule has 1 saturated carbocycles. The molecule has 2 fully saturated rings. The van der Waals surface area contributed by atoms with Crippen LogP contribution in [0.25, 0.3) is 0 Å². The van der Waals surface area contributed by atoms with E-state index in [-0.39, 0.29) is 43.4 Å². The molecule has 2 amide bonds. The van der Waals surface area contributed by atoms with Gasteiger partial charge in [-0.3, -0.25) is 14.3 Å². The van der Waals surface area contributed by atoms with Gasteiger partial charge in [-0.15, -0.1) is 0 Å². The molecule has 0 bridgehead atoms. The molecule has 0 radical (unpaired) electrons. The highest BCUT2D eigenvalue weighted by molar-refractivity contribution is 5.84. The minimum Gasteiger partial charge on any atom is -0.384 e. The fourth-order valence-electron chi connectivity index (χ4n) is 4.23. The second kappa shape index (κ2) is 7.63. The Morgan fingerprint density at radius 2 is 1.90 bits per heavy atom. The standard InChI is InChI=1S/C22H28N4O3/c1-21(9-5-10-21)20(28)25-16-22(29,17-25)15-24(13-18-7-3-2-4-8-18)19(27)14-26-12-6-11-23-26/h2-4,6-8,11-12,29H,5,9-10,13-17H2,1H3. The normalized spacial score (nSPS) is 19.2. The molecule has 2 heterocycles. The van der Waals surface area contributed by atoms with Crippen LogP contribution in [0.1, 0.15) is 31.7 Å². The van der Waals surface area contributed by atoms with E-state index in [1.807, 2.05) is 37.3 Å².